The summed E-state index contributed by atoms with van der Waals surface area (Å²) in [5.41, 5.74) is 5.45. The number of nitrogens with zero attached hydrogens (tertiary/aromatic N) is 1. The third kappa shape index (κ3) is 3.11. The number of nitrogens with one attached hydrogen (secondary N) is 1. The summed E-state index contributed by atoms with van der Waals surface area (Å²) in [5.74, 6) is 0. The van der Waals surface area contributed by atoms with Crippen molar-refractivity contribution in [3.63, 3.8) is 0 Å². The average molecular weight is 236 g/mol. The first kappa shape index (κ1) is 12.2. The minimum absolute atomic E-state index is 0.703. The van der Waals surface area contributed by atoms with E-state index in [1.54, 1.807) is 0 Å². The van der Waals surface area contributed by atoms with Gasteiger partial charge in [0.1, 0.15) is 0 Å². The van der Waals surface area contributed by atoms with E-state index >= 15 is 0 Å². The van der Waals surface area contributed by atoms with Crippen LogP contribution in [0, 0.1) is 25.2 Å². The Morgan fingerprint density at radius 2 is 1.78 bits per heavy atom. The van der Waals surface area contributed by atoms with Gasteiger partial charge in [0, 0.05) is 12.2 Å². The highest BCUT2D eigenvalue weighted by atomic mass is 14.9. The highest BCUT2D eigenvalue weighted by Crippen LogP contribution is 2.15. The van der Waals surface area contributed by atoms with Crippen molar-refractivity contribution in [1.82, 2.24) is 0 Å². The van der Waals surface area contributed by atoms with E-state index in [-0.39, 0.29) is 0 Å². The zero-order chi connectivity index (χ0) is 13.0. The number of aryl methyl sites for hydroxylation is 2. The Morgan fingerprint density at radius 1 is 1.06 bits per heavy atom. The van der Waals surface area contributed by atoms with Crippen LogP contribution in [0.2, 0.25) is 0 Å². The molecule has 0 atom stereocenters. The fraction of sp³-hybridized carbons (Fsp3) is 0.188. The van der Waals surface area contributed by atoms with Gasteiger partial charge >= 0.3 is 0 Å². The summed E-state index contributed by atoms with van der Waals surface area (Å²) in [4.78, 5) is 0. The third-order valence-corrected chi connectivity index (χ3v) is 2.77. The summed E-state index contributed by atoms with van der Waals surface area (Å²) >= 11 is 0. The largest absolute Gasteiger partial charge is 0.381 e. The molecular weight excluding hydrogens is 220 g/mol. The maximum Gasteiger partial charge on any atom is 0.0991 e. The zero-order valence-electron chi connectivity index (χ0n) is 10.7. The summed E-state index contributed by atoms with van der Waals surface area (Å²) in [6.07, 6.45) is 0. The van der Waals surface area contributed by atoms with Crippen LogP contribution in [0.5, 0.6) is 0 Å². The predicted octanol–water partition coefficient (Wildman–Crippen LogP) is 3.79. The van der Waals surface area contributed by atoms with Crippen molar-refractivity contribution in [1.29, 1.82) is 5.26 Å². The number of anilines is 1. The predicted molar refractivity (Wildman–Crippen MR) is 74.4 cm³/mol. The SMILES string of the molecule is Cc1cc(C)cc(NCc2cccc(C#N)c2)c1. The van der Waals surface area contributed by atoms with E-state index in [1.165, 1.54) is 11.1 Å². The van der Waals surface area contributed by atoms with Crippen molar-refractivity contribution in [3.8, 4) is 6.07 Å². The molecule has 2 nitrogen and oxygen atoms in total. The number of benzene rings is 2. The molecule has 18 heavy (non-hydrogen) atoms. The monoisotopic (exact) mass is 236 g/mol. The first-order valence-electron chi connectivity index (χ1n) is 5.98. The van der Waals surface area contributed by atoms with Gasteiger partial charge < -0.3 is 5.32 Å². The standard InChI is InChI=1S/C16H16N2/c1-12-6-13(2)8-16(7-12)18-11-15-5-3-4-14(9-15)10-17/h3-9,18H,11H2,1-2H3. The second kappa shape index (κ2) is 5.37. The van der Waals surface area contributed by atoms with Crippen LogP contribution in [-0.2, 0) is 6.54 Å². The van der Waals surface area contributed by atoms with Crippen LogP contribution in [0.3, 0.4) is 0 Å². The first-order chi connectivity index (χ1) is 8.67. The van der Waals surface area contributed by atoms with Crippen molar-refractivity contribution >= 4 is 5.69 Å². The van der Waals surface area contributed by atoms with E-state index < -0.39 is 0 Å². The fourth-order valence-electron chi connectivity index (χ4n) is 2.03. The van der Waals surface area contributed by atoms with Crippen LogP contribution in [0.15, 0.2) is 42.5 Å². The van der Waals surface area contributed by atoms with Crippen molar-refractivity contribution in [2.24, 2.45) is 0 Å². The number of nitriles is 1. The first-order valence-corrected chi connectivity index (χ1v) is 5.98. The van der Waals surface area contributed by atoms with Gasteiger partial charge in [0.15, 0.2) is 0 Å². The summed E-state index contributed by atoms with van der Waals surface area (Å²) < 4.78 is 0. The van der Waals surface area contributed by atoms with Crippen molar-refractivity contribution < 1.29 is 0 Å². The van der Waals surface area contributed by atoms with Gasteiger partial charge in [0.05, 0.1) is 11.6 Å². The van der Waals surface area contributed by atoms with Crippen molar-refractivity contribution in [2.75, 3.05) is 5.32 Å². The molecule has 0 fully saturated rings. The molecule has 90 valence electrons. The number of rotatable bonds is 3. The highest BCUT2D eigenvalue weighted by Gasteiger charge is 1.98. The van der Waals surface area contributed by atoms with Crippen molar-refractivity contribution in [2.45, 2.75) is 20.4 Å². The lowest BCUT2D eigenvalue weighted by atomic mass is 10.1. The zero-order valence-corrected chi connectivity index (χ0v) is 10.7. The smallest absolute Gasteiger partial charge is 0.0991 e. The number of hydrogen-bond donors (Lipinski definition) is 1. The Bertz CT molecular complexity index is 574. The van der Waals surface area contributed by atoms with Crippen molar-refractivity contribution in [3.05, 3.63) is 64.7 Å². The van der Waals surface area contributed by atoms with Crippen LogP contribution in [0.25, 0.3) is 0 Å². The van der Waals surface area contributed by atoms with E-state index in [1.807, 2.05) is 24.3 Å². The molecular formula is C16H16N2. The molecule has 1 N–H and O–H groups in total. The van der Waals surface area contributed by atoms with Crippen LogP contribution in [-0.4, -0.2) is 0 Å². The Hall–Kier alpha value is -2.27. The van der Waals surface area contributed by atoms with E-state index in [9.17, 15) is 0 Å². The van der Waals surface area contributed by atoms with E-state index in [4.69, 9.17) is 5.26 Å². The van der Waals surface area contributed by atoms with Gasteiger partial charge in [0.25, 0.3) is 0 Å². The lowest BCUT2D eigenvalue weighted by molar-refractivity contribution is 1.14. The molecule has 0 bridgehead atoms. The molecule has 0 unspecified atom stereocenters. The molecule has 2 aromatic rings. The highest BCUT2D eigenvalue weighted by molar-refractivity contribution is 5.49. The minimum Gasteiger partial charge on any atom is -0.381 e. The number of hydrogen-bond acceptors (Lipinski definition) is 2. The topological polar surface area (TPSA) is 35.8 Å². The Morgan fingerprint density at radius 3 is 2.44 bits per heavy atom. The molecule has 0 saturated carbocycles. The van der Waals surface area contributed by atoms with Gasteiger partial charge in [-0.1, -0.05) is 18.2 Å². The average Bonchev–Trinajstić information content (AvgIpc) is 2.35. The van der Waals surface area contributed by atoms with Gasteiger partial charge in [-0.25, -0.2) is 0 Å². The molecule has 0 saturated heterocycles. The molecule has 0 amide bonds. The van der Waals surface area contributed by atoms with Crippen LogP contribution >= 0.6 is 0 Å². The summed E-state index contributed by atoms with van der Waals surface area (Å²) in [6, 6.07) is 16.2. The van der Waals surface area contributed by atoms with Gasteiger partial charge in [-0.15, -0.1) is 0 Å². The quantitative estimate of drug-likeness (QED) is 0.880. The molecule has 0 aromatic heterocycles. The molecule has 0 aliphatic heterocycles. The van der Waals surface area contributed by atoms with E-state index in [2.05, 4.69) is 43.4 Å². The second-order valence-electron chi connectivity index (χ2n) is 4.54. The van der Waals surface area contributed by atoms with Gasteiger partial charge in [-0.2, -0.15) is 5.26 Å². The maximum absolute atomic E-state index is 8.85. The Balaban J connectivity index is 2.09. The summed E-state index contributed by atoms with van der Waals surface area (Å²) in [5, 5.41) is 12.2. The van der Waals surface area contributed by atoms with Crippen LogP contribution in [0.4, 0.5) is 5.69 Å². The lowest BCUT2D eigenvalue weighted by Crippen LogP contribution is -2.00. The normalized spacial score (nSPS) is 9.83. The molecule has 0 aliphatic rings. The molecule has 0 aliphatic carbocycles. The molecule has 2 heteroatoms. The Kier molecular flexibility index (Phi) is 3.64. The molecule has 2 aromatic carbocycles. The van der Waals surface area contributed by atoms with Crippen LogP contribution in [0.1, 0.15) is 22.3 Å². The van der Waals surface area contributed by atoms with Crippen LogP contribution < -0.4 is 5.32 Å². The summed E-state index contributed by atoms with van der Waals surface area (Å²) in [6.45, 7) is 4.92. The molecule has 2 rings (SSSR count). The Labute approximate surface area is 108 Å². The van der Waals surface area contributed by atoms with Gasteiger partial charge in [-0.05, 0) is 54.8 Å². The minimum atomic E-state index is 0.703. The fourth-order valence-corrected chi connectivity index (χ4v) is 2.03. The van der Waals surface area contributed by atoms with E-state index in [0.717, 1.165) is 17.8 Å². The lowest BCUT2D eigenvalue weighted by Gasteiger charge is -2.09. The second-order valence-corrected chi connectivity index (χ2v) is 4.54. The molecule has 0 heterocycles. The molecule has 0 spiro atoms. The summed E-state index contributed by atoms with van der Waals surface area (Å²) in [7, 11) is 0. The van der Waals surface area contributed by atoms with Gasteiger partial charge in [0.2, 0.25) is 0 Å². The maximum atomic E-state index is 8.85. The molecule has 0 radical (unpaired) electrons. The van der Waals surface area contributed by atoms with E-state index in [0.29, 0.717) is 5.56 Å². The van der Waals surface area contributed by atoms with Gasteiger partial charge in [-0.3, -0.25) is 0 Å². The third-order valence-electron chi connectivity index (χ3n) is 2.77.